The summed E-state index contributed by atoms with van der Waals surface area (Å²) in [4.78, 5) is 25.2. The molecule has 0 aromatic carbocycles. The number of aromatic nitrogens is 4. The Kier molecular flexibility index (Phi) is 4.55. The lowest BCUT2D eigenvalue weighted by Gasteiger charge is -2.32. The average molecular weight is 314 g/mol. The van der Waals surface area contributed by atoms with Crippen LogP contribution in [0.2, 0.25) is 0 Å². The molecular weight excluding hydrogens is 292 g/mol. The first-order chi connectivity index (χ1) is 11.1. The molecule has 1 amide bonds. The van der Waals surface area contributed by atoms with E-state index in [1.165, 1.54) is 0 Å². The van der Waals surface area contributed by atoms with Crippen LogP contribution in [0.15, 0.2) is 24.7 Å². The van der Waals surface area contributed by atoms with E-state index in [4.69, 9.17) is 0 Å². The van der Waals surface area contributed by atoms with Gasteiger partial charge in [0.05, 0.1) is 5.69 Å². The minimum absolute atomic E-state index is 0.0270. The van der Waals surface area contributed by atoms with Gasteiger partial charge in [-0.2, -0.15) is 5.10 Å². The Labute approximate surface area is 135 Å². The normalized spacial score (nSPS) is 18.0. The number of hydrogen-bond donors (Lipinski definition) is 1. The van der Waals surface area contributed by atoms with E-state index in [2.05, 4.69) is 20.2 Å². The van der Waals surface area contributed by atoms with E-state index in [1.807, 2.05) is 23.9 Å². The number of H-pyrrole nitrogens is 1. The Hall–Kier alpha value is -2.44. The van der Waals surface area contributed by atoms with Crippen LogP contribution in [0.25, 0.3) is 0 Å². The number of anilines is 1. The van der Waals surface area contributed by atoms with Gasteiger partial charge in [0.25, 0.3) is 5.91 Å². The second-order valence-corrected chi connectivity index (χ2v) is 6.15. The number of carbonyl (C=O) groups is 1. The maximum absolute atomic E-state index is 12.5. The first-order valence-electron chi connectivity index (χ1n) is 7.91. The van der Waals surface area contributed by atoms with Crippen LogP contribution >= 0.6 is 0 Å². The van der Waals surface area contributed by atoms with Gasteiger partial charge in [0.2, 0.25) is 0 Å². The average Bonchev–Trinajstić information content (AvgIpc) is 3.09. The smallest absolute Gasteiger partial charge is 0.271 e. The summed E-state index contributed by atoms with van der Waals surface area (Å²) in [6, 6.07) is 1.72. The van der Waals surface area contributed by atoms with E-state index in [1.54, 1.807) is 24.7 Å². The zero-order chi connectivity index (χ0) is 16.2. The summed E-state index contributed by atoms with van der Waals surface area (Å²) in [5, 5.41) is 6.61. The monoisotopic (exact) mass is 314 g/mol. The molecule has 1 saturated heterocycles. The van der Waals surface area contributed by atoms with Crippen LogP contribution in [-0.4, -0.2) is 58.2 Å². The summed E-state index contributed by atoms with van der Waals surface area (Å²) in [5.74, 6) is 1.34. The van der Waals surface area contributed by atoms with Crippen molar-refractivity contribution in [3.8, 4) is 0 Å². The number of likely N-dealkylation sites (tertiary alicyclic amines) is 1. The minimum atomic E-state index is 0.0270. The third-order valence-electron chi connectivity index (χ3n) is 4.19. The van der Waals surface area contributed by atoms with E-state index >= 15 is 0 Å². The highest BCUT2D eigenvalue weighted by Gasteiger charge is 2.26. The predicted molar refractivity (Wildman–Crippen MR) is 87.3 cm³/mol. The summed E-state index contributed by atoms with van der Waals surface area (Å²) in [6.07, 6.45) is 8.02. The minimum Gasteiger partial charge on any atom is -0.361 e. The molecule has 7 heteroatoms. The number of aromatic amines is 1. The molecular formula is C16H22N6O. The zero-order valence-electron chi connectivity index (χ0n) is 13.6. The molecule has 0 spiro atoms. The third-order valence-corrected chi connectivity index (χ3v) is 4.19. The van der Waals surface area contributed by atoms with E-state index in [9.17, 15) is 4.79 Å². The van der Waals surface area contributed by atoms with Gasteiger partial charge in [0, 0.05) is 45.8 Å². The maximum atomic E-state index is 12.5. The first-order valence-corrected chi connectivity index (χ1v) is 7.91. The predicted octanol–water partition coefficient (Wildman–Crippen LogP) is 1.36. The highest BCUT2D eigenvalue weighted by atomic mass is 16.2. The molecule has 2 aromatic rings. The van der Waals surface area contributed by atoms with Crippen LogP contribution in [-0.2, 0) is 6.42 Å². The molecule has 1 aliphatic rings. The Morgan fingerprint density at radius 1 is 1.35 bits per heavy atom. The molecule has 2 aromatic heterocycles. The SMILES string of the molecule is CN(C)c1nccnc1C[C@@H]1CCCN(C(=O)c2ccn[nH]2)C1. The highest BCUT2D eigenvalue weighted by Crippen LogP contribution is 2.24. The number of carbonyl (C=O) groups excluding carboxylic acids is 1. The zero-order valence-corrected chi connectivity index (χ0v) is 13.6. The van der Waals surface area contributed by atoms with Gasteiger partial charge < -0.3 is 9.80 Å². The van der Waals surface area contributed by atoms with E-state index in [-0.39, 0.29) is 5.91 Å². The highest BCUT2D eigenvalue weighted by molar-refractivity contribution is 5.92. The Morgan fingerprint density at radius 3 is 2.91 bits per heavy atom. The fourth-order valence-corrected chi connectivity index (χ4v) is 3.11. The lowest BCUT2D eigenvalue weighted by molar-refractivity contribution is 0.0667. The maximum Gasteiger partial charge on any atom is 0.271 e. The van der Waals surface area contributed by atoms with Crippen LogP contribution in [0, 0.1) is 5.92 Å². The number of piperidine rings is 1. The molecule has 0 aliphatic carbocycles. The second kappa shape index (κ2) is 6.76. The molecule has 0 saturated carbocycles. The molecule has 3 rings (SSSR count). The molecule has 0 unspecified atom stereocenters. The van der Waals surface area contributed by atoms with Gasteiger partial charge in [-0.25, -0.2) is 4.98 Å². The van der Waals surface area contributed by atoms with Crippen LogP contribution in [0.3, 0.4) is 0 Å². The lowest BCUT2D eigenvalue weighted by atomic mass is 9.93. The van der Waals surface area contributed by atoms with Crippen molar-refractivity contribution < 1.29 is 4.79 Å². The van der Waals surface area contributed by atoms with Crippen LogP contribution < -0.4 is 4.90 Å². The van der Waals surface area contributed by atoms with Crippen LogP contribution in [0.4, 0.5) is 5.82 Å². The van der Waals surface area contributed by atoms with Gasteiger partial charge in [-0.3, -0.25) is 14.9 Å². The fraction of sp³-hybridized carbons (Fsp3) is 0.500. The molecule has 1 N–H and O–H groups in total. The molecule has 122 valence electrons. The van der Waals surface area contributed by atoms with Crippen molar-refractivity contribution in [3.05, 3.63) is 36.0 Å². The number of nitrogens with one attached hydrogen (secondary N) is 1. The molecule has 0 bridgehead atoms. The Bertz CT molecular complexity index is 654. The number of hydrogen-bond acceptors (Lipinski definition) is 5. The molecule has 1 fully saturated rings. The summed E-state index contributed by atoms with van der Waals surface area (Å²) in [5.41, 5.74) is 1.55. The van der Waals surface area contributed by atoms with Crippen LogP contribution in [0.1, 0.15) is 29.0 Å². The number of rotatable bonds is 4. The van der Waals surface area contributed by atoms with Crippen molar-refractivity contribution in [3.63, 3.8) is 0 Å². The molecule has 0 radical (unpaired) electrons. The molecule has 3 heterocycles. The van der Waals surface area contributed by atoms with Gasteiger partial charge in [0.1, 0.15) is 11.5 Å². The Balaban J connectivity index is 1.69. The van der Waals surface area contributed by atoms with Gasteiger partial charge in [0.15, 0.2) is 0 Å². The fourth-order valence-electron chi connectivity index (χ4n) is 3.11. The van der Waals surface area contributed by atoms with Gasteiger partial charge in [-0.15, -0.1) is 0 Å². The standard InChI is InChI=1S/C16H22N6O/c1-21(2)15-14(17-7-8-18-15)10-12-4-3-9-22(11-12)16(23)13-5-6-19-20-13/h5-8,12H,3-4,9-11H2,1-2H3,(H,19,20)/t12-/m0/s1. The summed E-state index contributed by atoms with van der Waals surface area (Å²) < 4.78 is 0. The van der Waals surface area contributed by atoms with Crippen molar-refractivity contribution in [2.45, 2.75) is 19.3 Å². The van der Waals surface area contributed by atoms with Crippen molar-refractivity contribution >= 4 is 11.7 Å². The topological polar surface area (TPSA) is 78.0 Å². The summed E-state index contributed by atoms with van der Waals surface area (Å²) >= 11 is 0. The van der Waals surface area contributed by atoms with Gasteiger partial charge in [-0.1, -0.05) is 0 Å². The summed E-state index contributed by atoms with van der Waals surface area (Å²) in [7, 11) is 3.95. The van der Waals surface area contributed by atoms with Crippen molar-refractivity contribution in [2.24, 2.45) is 5.92 Å². The molecule has 1 aliphatic heterocycles. The van der Waals surface area contributed by atoms with Gasteiger partial charge in [-0.05, 0) is 31.2 Å². The molecule has 7 nitrogen and oxygen atoms in total. The number of nitrogens with zero attached hydrogens (tertiary/aromatic N) is 5. The third kappa shape index (κ3) is 3.49. The van der Waals surface area contributed by atoms with E-state index in [0.29, 0.717) is 11.6 Å². The number of amides is 1. The molecule has 1 atom stereocenters. The van der Waals surface area contributed by atoms with Crippen molar-refractivity contribution in [1.29, 1.82) is 0 Å². The van der Waals surface area contributed by atoms with E-state index < -0.39 is 0 Å². The lowest BCUT2D eigenvalue weighted by Crippen LogP contribution is -2.40. The quantitative estimate of drug-likeness (QED) is 0.922. The van der Waals surface area contributed by atoms with Crippen molar-refractivity contribution in [1.82, 2.24) is 25.1 Å². The van der Waals surface area contributed by atoms with Gasteiger partial charge >= 0.3 is 0 Å². The molecule has 23 heavy (non-hydrogen) atoms. The Morgan fingerprint density at radius 2 is 2.17 bits per heavy atom. The summed E-state index contributed by atoms with van der Waals surface area (Å²) in [6.45, 7) is 1.55. The van der Waals surface area contributed by atoms with Crippen molar-refractivity contribution in [2.75, 3.05) is 32.1 Å². The van der Waals surface area contributed by atoms with Crippen LogP contribution in [0.5, 0.6) is 0 Å². The largest absolute Gasteiger partial charge is 0.361 e. The van der Waals surface area contributed by atoms with E-state index in [0.717, 1.165) is 43.9 Å². The first kappa shape index (κ1) is 15.5. The second-order valence-electron chi connectivity index (χ2n) is 6.15.